The van der Waals surface area contributed by atoms with Crippen molar-refractivity contribution in [2.75, 3.05) is 6.61 Å². The minimum atomic E-state index is -0.594. The first kappa shape index (κ1) is 26.7. The van der Waals surface area contributed by atoms with Gasteiger partial charge in [0.1, 0.15) is 11.8 Å². The average molecular weight is 473 g/mol. The summed E-state index contributed by atoms with van der Waals surface area (Å²) in [5, 5.41) is 3.64. The van der Waals surface area contributed by atoms with Crippen LogP contribution >= 0.6 is 11.6 Å². The van der Waals surface area contributed by atoms with Gasteiger partial charge in [0.2, 0.25) is 5.91 Å². The number of ether oxygens (including phenoxy) is 1. The van der Waals surface area contributed by atoms with Crippen LogP contribution in [0, 0.1) is 0 Å². The van der Waals surface area contributed by atoms with Crippen LogP contribution in [-0.4, -0.2) is 35.4 Å². The molecule has 0 spiro atoms. The fourth-order valence-corrected chi connectivity index (χ4v) is 3.71. The molecule has 2 atom stereocenters. The molecule has 6 heteroatoms. The first-order chi connectivity index (χ1) is 15.6. The molecule has 0 aliphatic heterocycles. The van der Waals surface area contributed by atoms with Crippen molar-refractivity contribution in [3.05, 3.63) is 64.7 Å². The van der Waals surface area contributed by atoms with E-state index in [1.807, 2.05) is 57.2 Å². The Morgan fingerprint density at radius 3 is 2.24 bits per heavy atom. The van der Waals surface area contributed by atoms with Crippen LogP contribution in [0.15, 0.2) is 48.5 Å². The Hall–Kier alpha value is -2.53. The Labute approximate surface area is 203 Å². The number of carbonyl (C=O) groups excluding carboxylic acids is 2. The molecule has 0 aromatic heterocycles. The van der Waals surface area contributed by atoms with E-state index < -0.39 is 6.04 Å². The van der Waals surface area contributed by atoms with E-state index in [1.165, 1.54) is 0 Å². The first-order valence-corrected chi connectivity index (χ1v) is 12.0. The van der Waals surface area contributed by atoms with Gasteiger partial charge < -0.3 is 15.0 Å². The number of hydrogen-bond acceptors (Lipinski definition) is 3. The SMILES string of the molecule is CC[C@@H](C)NC(=O)[C@H](CC)N(Cc1ccc(Cl)cc1)C(=O)COc1ccccc1C(C)(C)C. The summed E-state index contributed by atoms with van der Waals surface area (Å²) in [7, 11) is 0. The number of para-hydroxylation sites is 1. The van der Waals surface area contributed by atoms with Gasteiger partial charge in [-0.2, -0.15) is 0 Å². The smallest absolute Gasteiger partial charge is 0.261 e. The van der Waals surface area contributed by atoms with E-state index in [9.17, 15) is 9.59 Å². The number of amides is 2. The number of carbonyl (C=O) groups is 2. The highest BCUT2D eigenvalue weighted by Crippen LogP contribution is 2.31. The molecule has 2 aromatic rings. The molecule has 1 N–H and O–H groups in total. The highest BCUT2D eigenvalue weighted by Gasteiger charge is 2.30. The van der Waals surface area contributed by atoms with E-state index in [0.717, 1.165) is 17.5 Å². The van der Waals surface area contributed by atoms with Crippen molar-refractivity contribution in [2.45, 2.75) is 78.4 Å². The monoisotopic (exact) mass is 472 g/mol. The van der Waals surface area contributed by atoms with Crippen molar-refractivity contribution < 1.29 is 14.3 Å². The van der Waals surface area contributed by atoms with Crippen molar-refractivity contribution in [3.63, 3.8) is 0 Å². The molecular weight excluding hydrogens is 436 g/mol. The molecular formula is C27H37ClN2O3. The third kappa shape index (κ3) is 7.78. The van der Waals surface area contributed by atoms with Crippen molar-refractivity contribution in [3.8, 4) is 5.75 Å². The van der Waals surface area contributed by atoms with Gasteiger partial charge in [-0.05, 0) is 54.5 Å². The molecule has 0 unspecified atom stereocenters. The van der Waals surface area contributed by atoms with Gasteiger partial charge in [-0.25, -0.2) is 0 Å². The maximum absolute atomic E-state index is 13.4. The van der Waals surface area contributed by atoms with Crippen molar-refractivity contribution in [1.29, 1.82) is 0 Å². The summed E-state index contributed by atoms with van der Waals surface area (Å²) in [6.07, 6.45) is 1.32. The van der Waals surface area contributed by atoms with Gasteiger partial charge in [-0.1, -0.05) is 76.6 Å². The molecule has 0 aliphatic carbocycles. The summed E-state index contributed by atoms with van der Waals surface area (Å²) < 4.78 is 6.00. The van der Waals surface area contributed by atoms with E-state index in [-0.39, 0.29) is 29.9 Å². The largest absolute Gasteiger partial charge is 0.483 e. The number of benzene rings is 2. The van der Waals surface area contributed by atoms with Crippen LogP contribution in [0.2, 0.25) is 5.02 Å². The van der Waals surface area contributed by atoms with Crippen LogP contribution in [0.3, 0.4) is 0 Å². The van der Waals surface area contributed by atoms with Gasteiger partial charge in [-0.3, -0.25) is 9.59 Å². The normalized spacial score (nSPS) is 13.2. The Bertz CT molecular complexity index is 922. The van der Waals surface area contributed by atoms with Crippen LogP contribution in [-0.2, 0) is 21.5 Å². The van der Waals surface area contributed by atoms with Gasteiger partial charge in [0, 0.05) is 17.6 Å². The fraction of sp³-hybridized carbons (Fsp3) is 0.481. The van der Waals surface area contributed by atoms with E-state index in [0.29, 0.717) is 23.7 Å². The molecule has 2 rings (SSSR count). The zero-order valence-corrected chi connectivity index (χ0v) is 21.4. The molecule has 0 heterocycles. The van der Waals surface area contributed by atoms with E-state index >= 15 is 0 Å². The first-order valence-electron chi connectivity index (χ1n) is 11.6. The Balaban J connectivity index is 2.27. The molecule has 5 nitrogen and oxygen atoms in total. The minimum Gasteiger partial charge on any atom is -0.483 e. The third-order valence-corrected chi connectivity index (χ3v) is 5.95. The number of nitrogens with one attached hydrogen (secondary N) is 1. The van der Waals surface area contributed by atoms with Crippen LogP contribution in [0.4, 0.5) is 0 Å². The summed E-state index contributed by atoms with van der Waals surface area (Å²) in [4.78, 5) is 28.0. The Morgan fingerprint density at radius 1 is 1.03 bits per heavy atom. The number of rotatable bonds is 10. The summed E-state index contributed by atoms with van der Waals surface area (Å²) in [5.74, 6) is 0.297. The van der Waals surface area contributed by atoms with Gasteiger partial charge >= 0.3 is 0 Å². The van der Waals surface area contributed by atoms with Crippen molar-refractivity contribution in [2.24, 2.45) is 0 Å². The van der Waals surface area contributed by atoms with Crippen LogP contribution in [0.5, 0.6) is 5.75 Å². The topological polar surface area (TPSA) is 58.6 Å². The standard InChI is InChI=1S/C27H37ClN2O3/c1-7-19(3)29-26(32)23(8-2)30(17-20-13-15-21(28)16-14-20)25(31)18-33-24-12-10-9-11-22(24)27(4,5)6/h9-16,19,23H,7-8,17-18H2,1-6H3,(H,29,32)/t19-,23+/m1/s1. The van der Waals surface area contributed by atoms with Gasteiger partial charge in [0.15, 0.2) is 6.61 Å². The zero-order valence-electron chi connectivity index (χ0n) is 20.7. The molecule has 2 aromatic carbocycles. The summed E-state index contributed by atoms with van der Waals surface area (Å²) in [6.45, 7) is 12.4. The highest BCUT2D eigenvalue weighted by atomic mass is 35.5. The third-order valence-electron chi connectivity index (χ3n) is 5.70. The lowest BCUT2D eigenvalue weighted by molar-refractivity contribution is -0.143. The molecule has 0 saturated heterocycles. The predicted molar refractivity (Wildman–Crippen MR) is 135 cm³/mol. The molecule has 0 saturated carbocycles. The molecule has 33 heavy (non-hydrogen) atoms. The van der Waals surface area contributed by atoms with Crippen LogP contribution in [0.1, 0.15) is 65.5 Å². The van der Waals surface area contributed by atoms with Crippen molar-refractivity contribution >= 4 is 23.4 Å². The van der Waals surface area contributed by atoms with Crippen molar-refractivity contribution in [1.82, 2.24) is 10.2 Å². The van der Waals surface area contributed by atoms with E-state index in [2.05, 4.69) is 26.1 Å². The van der Waals surface area contributed by atoms with Gasteiger partial charge in [0.05, 0.1) is 0 Å². The second-order valence-electron chi connectivity index (χ2n) is 9.42. The van der Waals surface area contributed by atoms with Crippen LogP contribution in [0.25, 0.3) is 0 Å². The Kier molecular flexibility index (Phi) is 9.78. The summed E-state index contributed by atoms with van der Waals surface area (Å²) in [5.41, 5.74) is 1.81. The van der Waals surface area contributed by atoms with Gasteiger partial charge in [0.25, 0.3) is 5.91 Å². The molecule has 0 fully saturated rings. The Morgan fingerprint density at radius 2 is 1.67 bits per heavy atom. The maximum Gasteiger partial charge on any atom is 0.261 e. The van der Waals surface area contributed by atoms with E-state index in [4.69, 9.17) is 16.3 Å². The van der Waals surface area contributed by atoms with E-state index in [1.54, 1.807) is 17.0 Å². The lowest BCUT2D eigenvalue weighted by Crippen LogP contribution is -2.51. The molecule has 2 amide bonds. The predicted octanol–water partition coefficient (Wildman–Crippen LogP) is 5.74. The fourth-order valence-electron chi connectivity index (χ4n) is 3.58. The molecule has 0 bridgehead atoms. The molecule has 180 valence electrons. The average Bonchev–Trinajstić information content (AvgIpc) is 2.78. The quantitative estimate of drug-likeness (QED) is 0.479. The maximum atomic E-state index is 13.4. The highest BCUT2D eigenvalue weighted by molar-refractivity contribution is 6.30. The molecule has 0 radical (unpaired) electrons. The second-order valence-corrected chi connectivity index (χ2v) is 9.86. The number of halogens is 1. The second kappa shape index (κ2) is 12.1. The van der Waals surface area contributed by atoms with Crippen LogP contribution < -0.4 is 10.1 Å². The number of nitrogens with zero attached hydrogens (tertiary/aromatic N) is 1. The number of hydrogen-bond donors (Lipinski definition) is 1. The summed E-state index contributed by atoms with van der Waals surface area (Å²) in [6, 6.07) is 14.5. The minimum absolute atomic E-state index is 0.0361. The summed E-state index contributed by atoms with van der Waals surface area (Å²) >= 11 is 6.03. The zero-order chi connectivity index (χ0) is 24.6. The lowest BCUT2D eigenvalue weighted by atomic mass is 9.86. The van der Waals surface area contributed by atoms with Gasteiger partial charge in [-0.15, -0.1) is 0 Å². The molecule has 0 aliphatic rings. The lowest BCUT2D eigenvalue weighted by Gasteiger charge is -2.31.